The SMILES string of the molecule is Cc1nn(-c2ccccc2Cl)c2sc(C(=O)OC(C)C(=O)NC(N)=O)cc12. The lowest BCUT2D eigenvalue weighted by molar-refractivity contribution is -0.127. The van der Waals surface area contributed by atoms with Gasteiger partial charge in [0.15, 0.2) is 6.10 Å². The topological polar surface area (TPSA) is 116 Å². The molecule has 0 radical (unpaired) electrons. The van der Waals surface area contributed by atoms with Gasteiger partial charge in [-0.1, -0.05) is 23.7 Å². The first kappa shape index (κ1) is 18.9. The number of nitrogens with two attached hydrogens (primary N) is 1. The van der Waals surface area contributed by atoms with Crippen molar-refractivity contribution in [3.63, 3.8) is 0 Å². The fourth-order valence-electron chi connectivity index (χ4n) is 2.43. The maximum atomic E-state index is 12.4. The van der Waals surface area contributed by atoms with Gasteiger partial charge >= 0.3 is 12.0 Å². The third-order valence-corrected chi connectivity index (χ3v) is 5.14. The van der Waals surface area contributed by atoms with Crippen LogP contribution in [0.3, 0.4) is 0 Å². The van der Waals surface area contributed by atoms with Crippen LogP contribution in [0.5, 0.6) is 0 Å². The Morgan fingerprint density at radius 1 is 1.33 bits per heavy atom. The van der Waals surface area contributed by atoms with E-state index in [-0.39, 0.29) is 0 Å². The number of para-hydroxylation sites is 1. The first-order chi connectivity index (χ1) is 12.8. The molecule has 2 heterocycles. The lowest BCUT2D eigenvalue weighted by Gasteiger charge is -2.10. The van der Waals surface area contributed by atoms with Gasteiger partial charge < -0.3 is 10.5 Å². The van der Waals surface area contributed by atoms with Crippen molar-refractivity contribution in [1.82, 2.24) is 15.1 Å². The van der Waals surface area contributed by atoms with E-state index in [0.29, 0.717) is 15.6 Å². The number of nitrogens with zero attached hydrogens (tertiary/aromatic N) is 2. The highest BCUT2D eigenvalue weighted by molar-refractivity contribution is 7.20. The third-order valence-electron chi connectivity index (χ3n) is 3.73. The number of hydrogen-bond acceptors (Lipinski definition) is 6. The Morgan fingerprint density at radius 3 is 2.70 bits per heavy atom. The van der Waals surface area contributed by atoms with Gasteiger partial charge in [-0.3, -0.25) is 10.1 Å². The summed E-state index contributed by atoms with van der Waals surface area (Å²) in [5.74, 6) is -1.48. The number of rotatable bonds is 4. The van der Waals surface area contributed by atoms with Crippen molar-refractivity contribution in [2.45, 2.75) is 20.0 Å². The van der Waals surface area contributed by atoms with E-state index < -0.39 is 24.0 Å². The average Bonchev–Trinajstić information content (AvgIpc) is 3.16. The fraction of sp³-hybridized carbons (Fsp3) is 0.176. The molecule has 0 spiro atoms. The summed E-state index contributed by atoms with van der Waals surface area (Å²) in [6.45, 7) is 3.17. The summed E-state index contributed by atoms with van der Waals surface area (Å²) in [5.41, 5.74) is 6.29. The maximum Gasteiger partial charge on any atom is 0.349 e. The van der Waals surface area contributed by atoms with Gasteiger partial charge in [0, 0.05) is 5.39 Å². The normalized spacial score (nSPS) is 12.0. The number of fused-ring (bicyclic) bond motifs is 1. The van der Waals surface area contributed by atoms with Crippen LogP contribution in [0.25, 0.3) is 15.9 Å². The molecule has 3 N–H and O–H groups in total. The molecular formula is C17H15ClN4O4S. The molecule has 10 heteroatoms. The number of amides is 3. The van der Waals surface area contributed by atoms with Crippen LogP contribution < -0.4 is 11.1 Å². The molecule has 27 heavy (non-hydrogen) atoms. The Bertz CT molecular complexity index is 1060. The molecule has 0 aliphatic heterocycles. The Labute approximate surface area is 162 Å². The van der Waals surface area contributed by atoms with Crippen molar-refractivity contribution in [2.75, 3.05) is 0 Å². The molecule has 3 amide bonds. The molecular weight excluding hydrogens is 392 g/mol. The first-order valence-corrected chi connectivity index (χ1v) is 9.02. The number of nitrogens with one attached hydrogen (secondary N) is 1. The zero-order chi connectivity index (χ0) is 19.7. The second-order valence-corrected chi connectivity index (χ2v) is 7.12. The number of esters is 1. The summed E-state index contributed by atoms with van der Waals surface area (Å²) in [5, 5.41) is 7.65. The number of hydrogen-bond donors (Lipinski definition) is 2. The molecule has 0 aliphatic carbocycles. The van der Waals surface area contributed by atoms with Crippen molar-refractivity contribution in [3.8, 4) is 5.69 Å². The molecule has 0 saturated heterocycles. The number of aromatic nitrogens is 2. The quantitative estimate of drug-likeness (QED) is 0.646. The molecule has 0 aliphatic rings. The van der Waals surface area contributed by atoms with Crippen LogP contribution in [0.1, 0.15) is 22.3 Å². The van der Waals surface area contributed by atoms with Gasteiger partial charge in [0.05, 0.1) is 16.4 Å². The lowest BCUT2D eigenvalue weighted by atomic mass is 10.3. The zero-order valence-corrected chi connectivity index (χ0v) is 15.9. The molecule has 3 aromatic rings. The van der Waals surface area contributed by atoms with Crippen molar-refractivity contribution in [1.29, 1.82) is 0 Å². The van der Waals surface area contributed by atoms with Gasteiger partial charge in [0.25, 0.3) is 5.91 Å². The van der Waals surface area contributed by atoms with Crippen molar-refractivity contribution >= 4 is 51.1 Å². The number of ether oxygens (including phenoxy) is 1. The minimum atomic E-state index is -1.17. The predicted octanol–water partition coefficient (Wildman–Crippen LogP) is 2.79. The Balaban J connectivity index is 1.90. The number of halogens is 1. The van der Waals surface area contributed by atoms with Gasteiger partial charge in [0.2, 0.25) is 0 Å². The highest BCUT2D eigenvalue weighted by atomic mass is 35.5. The number of carbonyl (C=O) groups excluding carboxylic acids is 3. The largest absolute Gasteiger partial charge is 0.448 e. The number of imide groups is 1. The predicted molar refractivity (Wildman–Crippen MR) is 101 cm³/mol. The monoisotopic (exact) mass is 406 g/mol. The standard InChI is InChI=1S/C17H15ClN4O4S/c1-8-10-7-13(16(24)26-9(2)14(23)20-17(19)25)27-15(10)22(21-8)12-6-4-3-5-11(12)18/h3-7,9H,1-2H3,(H3,19,20,23,25). The van der Waals surface area contributed by atoms with E-state index in [0.717, 1.165) is 15.9 Å². The molecule has 8 nitrogen and oxygen atoms in total. The summed E-state index contributed by atoms with van der Waals surface area (Å²) in [7, 11) is 0. The zero-order valence-electron chi connectivity index (χ0n) is 14.4. The molecule has 0 fully saturated rings. The van der Waals surface area contributed by atoms with E-state index in [9.17, 15) is 14.4 Å². The Kier molecular flexibility index (Phi) is 5.15. The van der Waals surface area contributed by atoms with Crippen molar-refractivity contribution in [3.05, 3.63) is 45.9 Å². The van der Waals surface area contributed by atoms with Crippen LogP contribution in [0.15, 0.2) is 30.3 Å². The minimum absolute atomic E-state index is 0.296. The highest BCUT2D eigenvalue weighted by Crippen LogP contribution is 2.32. The maximum absolute atomic E-state index is 12.4. The van der Waals surface area contributed by atoms with E-state index in [2.05, 4.69) is 5.10 Å². The van der Waals surface area contributed by atoms with Crippen LogP contribution in [0.4, 0.5) is 4.79 Å². The van der Waals surface area contributed by atoms with Crippen LogP contribution in [0.2, 0.25) is 5.02 Å². The van der Waals surface area contributed by atoms with E-state index in [1.165, 1.54) is 18.3 Å². The number of carbonyl (C=O) groups is 3. The third kappa shape index (κ3) is 3.79. The molecule has 2 aromatic heterocycles. The molecule has 1 aromatic carbocycles. The summed E-state index contributed by atoms with van der Waals surface area (Å²) in [4.78, 5) is 35.8. The number of thiophene rings is 1. The van der Waals surface area contributed by atoms with Gasteiger partial charge in [-0.15, -0.1) is 11.3 Å². The summed E-state index contributed by atoms with van der Waals surface area (Å²) in [6, 6.07) is 7.86. The number of benzene rings is 1. The Hall–Kier alpha value is -2.91. The van der Waals surface area contributed by atoms with Crippen LogP contribution in [-0.4, -0.2) is 33.8 Å². The number of aryl methyl sites for hydroxylation is 1. The smallest absolute Gasteiger partial charge is 0.349 e. The molecule has 0 saturated carbocycles. The summed E-state index contributed by atoms with van der Waals surface area (Å²) >= 11 is 7.42. The second kappa shape index (κ2) is 7.37. The van der Waals surface area contributed by atoms with Gasteiger partial charge in [-0.2, -0.15) is 5.10 Å². The van der Waals surface area contributed by atoms with Gasteiger partial charge in [-0.25, -0.2) is 14.3 Å². The summed E-state index contributed by atoms with van der Waals surface area (Å²) < 4.78 is 6.77. The number of urea groups is 1. The van der Waals surface area contributed by atoms with Crippen molar-refractivity contribution in [2.24, 2.45) is 5.73 Å². The van der Waals surface area contributed by atoms with E-state index in [4.69, 9.17) is 22.1 Å². The molecule has 3 rings (SSSR count). The van der Waals surface area contributed by atoms with Crippen LogP contribution in [-0.2, 0) is 9.53 Å². The average molecular weight is 407 g/mol. The molecule has 140 valence electrons. The van der Waals surface area contributed by atoms with Crippen LogP contribution in [0, 0.1) is 6.92 Å². The summed E-state index contributed by atoms with van der Waals surface area (Å²) in [6.07, 6.45) is -1.17. The Morgan fingerprint density at radius 2 is 2.04 bits per heavy atom. The highest BCUT2D eigenvalue weighted by Gasteiger charge is 2.23. The van der Waals surface area contributed by atoms with E-state index in [1.54, 1.807) is 16.8 Å². The molecule has 1 unspecified atom stereocenters. The minimum Gasteiger partial charge on any atom is -0.448 e. The van der Waals surface area contributed by atoms with Gasteiger partial charge in [0.1, 0.15) is 9.71 Å². The van der Waals surface area contributed by atoms with E-state index >= 15 is 0 Å². The molecule has 1 atom stereocenters. The van der Waals surface area contributed by atoms with E-state index in [1.807, 2.05) is 30.4 Å². The second-order valence-electron chi connectivity index (χ2n) is 5.68. The van der Waals surface area contributed by atoms with Crippen LogP contribution >= 0.6 is 22.9 Å². The van der Waals surface area contributed by atoms with Crippen molar-refractivity contribution < 1.29 is 19.1 Å². The van der Waals surface area contributed by atoms with Gasteiger partial charge in [-0.05, 0) is 32.0 Å². The molecule has 0 bridgehead atoms. The first-order valence-electron chi connectivity index (χ1n) is 7.83. The number of primary amides is 1. The fourth-order valence-corrected chi connectivity index (χ4v) is 3.70. The lowest BCUT2D eigenvalue weighted by Crippen LogP contribution is -2.42.